The Hall–Kier alpha value is -2.62. The molecule has 0 saturated heterocycles. The second kappa shape index (κ2) is 6.52. The predicted molar refractivity (Wildman–Crippen MR) is 73.9 cm³/mol. The average molecular weight is 270 g/mol. The van der Waals surface area contributed by atoms with Gasteiger partial charge in [-0.2, -0.15) is 0 Å². The summed E-state index contributed by atoms with van der Waals surface area (Å²) in [7, 11) is 1.34. The summed E-state index contributed by atoms with van der Waals surface area (Å²) in [5, 5.41) is 0. The number of benzene rings is 2. The Kier molecular flexibility index (Phi) is 4.50. The number of aldehydes is 1. The van der Waals surface area contributed by atoms with Crippen LogP contribution in [0.25, 0.3) is 0 Å². The van der Waals surface area contributed by atoms with Gasteiger partial charge in [0.15, 0.2) is 0 Å². The molecule has 0 aliphatic rings. The first kappa shape index (κ1) is 13.8. The molecular formula is C16H14O4. The monoisotopic (exact) mass is 270 g/mol. The van der Waals surface area contributed by atoms with E-state index in [4.69, 9.17) is 4.74 Å². The summed E-state index contributed by atoms with van der Waals surface area (Å²) in [6.45, 7) is 0.365. The maximum Gasteiger partial charge on any atom is 0.337 e. The minimum absolute atomic E-state index is 0.365. The molecule has 0 fully saturated rings. The molecular weight excluding hydrogens is 256 g/mol. The summed E-state index contributed by atoms with van der Waals surface area (Å²) >= 11 is 0. The lowest BCUT2D eigenvalue weighted by Crippen LogP contribution is -2.02. The molecule has 0 unspecified atom stereocenters. The van der Waals surface area contributed by atoms with Gasteiger partial charge < -0.3 is 9.47 Å². The Bertz CT molecular complexity index is 602. The third-order valence-electron chi connectivity index (χ3n) is 2.78. The number of rotatable bonds is 5. The molecule has 4 heteroatoms. The maximum atomic E-state index is 11.4. The Balaban J connectivity index is 2.02. The molecule has 0 N–H and O–H groups in total. The number of methoxy groups -OCH3 is 1. The van der Waals surface area contributed by atoms with Crippen molar-refractivity contribution in [1.29, 1.82) is 0 Å². The van der Waals surface area contributed by atoms with Crippen molar-refractivity contribution in [3.8, 4) is 5.75 Å². The van der Waals surface area contributed by atoms with Gasteiger partial charge in [0, 0.05) is 5.56 Å². The summed E-state index contributed by atoms with van der Waals surface area (Å²) in [5.41, 5.74) is 2.02. The molecule has 0 amide bonds. The van der Waals surface area contributed by atoms with Gasteiger partial charge in [-0.25, -0.2) is 4.79 Å². The van der Waals surface area contributed by atoms with Crippen molar-refractivity contribution in [3.63, 3.8) is 0 Å². The Morgan fingerprint density at radius 3 is 2.55 bits per heavy atom. The Morgan fingerprint density at radius 1 is 1.15 bits per heavy atom. The van der Waals surface area contributed by atoms with Gasteiger partial charge in [0.1, 0.15) is 18.6 Å². The molecule has 0 bridgehead atoms. The van der Waals surface area contributed by atoms with Gasteiger partial charge in [-0.05, 0) is 23.8 Å². The second-order valence-corrected chi connectivity index (χ2v) is 4.17. The van der Waals surface area contributed by atoms with Gasteiger partial charge in [0.2, 0.25) is 0 Å². The molecule has 2 aromatic carbocycles. The zero-order valence-corrected chi connectivity index (χ0v) is 11.0. The second-order valence-electron chi connectivity index (χ2n) is 4.17. The van der Waals surface area contributed by atoms with E-state index in [1.54, 1.807) is 36.4 Å². The number of ether oxygens (including phenoxy) is 2. The van der Waals surface area contributed by atoms with Gasteiger partial charge in [-0.3, -0.25) is 4.79 Å². The van der Waals surface area contributed by atoms with Gasteiger partial charge in [0.05, 0.1) is 12.7 Å². The summed E-state index contributed by atoms with van der Waals surface area (Å²) in [5.74, 6) is 0.193. The average Bonchev–Trinajstić information content (AvgIpc) is 2.53. The van der Waals surface area contributed by atoms with Gasteiger partial charge >= 0.3 is 5.97 Å². The molecule has 0 spiro atoms. The number of esters is 1. The van der Waals surface area contributed by atoms with Crippen molar-refractivity contribution in [1.82, 2.24) is 0 Å². The van der Waals surface area contributed by atoms with Crippen molar-refractivity contribution >= 4 is 12.3 Å². The Labute approximate surface area is 116 Å². The van der Waals surface area contributed by atoms with Gasteiger partial charge in [0.25, 0.3) is 0 Å². The van der Waals surface area contributed by atoms with Crippen molar-refractivity contribution in [2.75, 3.05) is 7.11 Å². The molecule has 0 saturated carbocycles. The lowest BCUT2D eigenvalue weighted by molar-refractivity contribution is 0.0600. The minimum atomic E-state index is -0.397. The molecule has 2 rings (SSSR count). The normalized spacial score (nSPS) is 9.85. The van der Waals surface area contributed by atoms with Crippen LogP contribution in [0.3, 0.4) is 0 Å². The molecule has 0 aliphatic carbocycles. The van der Waals surface area contributed by atoms with Gasteiger partial charge in [-0.15, -0.1) is 0 Å². The largest absolute Gasteiger partial charge is 0.489 e. The molecule has 0 radical (unpaired) electrons. The summed E-state index contributed by atoms with van der Waals surface area (Å²) in [6, 6.07) is 13.9. The lowest BCUT2D eigenvalue weighted by atomic mass is 10.1. The van der Waals surface area contributed by atoms with E-state index in [9.17, 15) is 9.59 Å². The molecule has 4 nitrogen and oxygen atoms in total. The fourth-order valence-electron chi connectivity index (χ4n) is 1.69. The van der Waals surface area contributed by atoms with Crippen molar-refractivity contribution < 1.29 is 19.1 Å². The molecule has 2 aromatic rings. The number of hydrogen-bond acceptors (Lipinski definition) is 4. The van der Waals surface area contributed by atoms with Crippen LogP contribution in [0.1, 0.15) is 26.3 Å². The third-order valence-corrected chi connectivity index (χ3v) is 2.78. The van der Waals surface area contributed by atoms with Crippen molar-refractivity contribution in [2.24, 2.45) is 0 Å². The van der Waals surface area contributed by atoms with E-state index in [0.717, 1.165) is 11.8 Å². The lowest BCUT2D eigenvalue weighted by Gasteiger charge is -2.07. The molecule has 20 heavy (non-hydrogen) atoms. The standard InChI is InChI=1S/C16H14O4/c1-19-16(18)14-3-2-4-15(9-14)20-11-13-7-5-12(10-17)6-8-13/h2-10H,11H2,1H3. The highest BCUT2D eigenvalue weighted by Crippen LogP contribution is 2.16. The number of carbonyl (C=O) groups excluding carboxylic acids is 2. The smallest absolute Gasteiger partial charge is 0.337 e. The van der Waals surface area contributed by atoms with E-state index >= 15 is 0 Å². The third kappa shape index (κ3) is 3.45. The highest BCUT2D eigenvalue weighted by Gasteiger charge is 2.06. The maximum absolute atomic E-state index is 11.4. The van der Waals surface area contributed by atoms with E-state index in [1.807, 2.05) is 12.1 Å². The van der Waals surface area contributed by atoms with Crippen LogP contribution >= 0.6 is 0 Å². The highest BCUT2D eigenvalue weighted by atomic mass is 16.5. The van der Waals surface area contributed by atoms with E-state index < -0.39 is 5.97 Å². The fraction of sp³-hybridized carbons (Fsp3) is 0.125. The van der Waals surface area contributed by atoms with Crippen LogP contribution in [-0.2, 0) is 11.3 Å². The minimum Gasteiger partial charge on any atom is -0.489 e. The first-order valence-corrected chi connectivity index (χ1v) is 6.08. The van der Waals surface area contributed by atoms with E-state index in [1.165, 1.54) is 7.11 Å². The SMILES string of the molecule is COC(=O)c1cccc(OCc2ccc(C=O)cc2)c1. The van der Waals surface area contributed by atoms with Gasteiger partial charge in [-0.1, -0.05) is 30.3 Å². The predicted octanol–water partition coefficient (Wildman–Crippen LogP) is 2.86. The summed E-state index contributed by atoms with van der Waals surface area (Å²) in [6.07, 6.45) is 0.796. The molecule has 0 atom stereocenters. The van der Waals surface area contributed by atoms with Crippen LogP contribution in [0, 0.1) is 0 Å². The van der Waals surface area contributed by atoms with Crippen molar-refractivity contribution in [2.45, 2.75) is 6.61 Å². The molecule has 0 aliphatic heterocycles. The summed E-state index contributed by atoms with van der Waals surface area (Å²) < 4.78 is 10.3. The van der Waals surface area contributed by atoms with Crippen LogP contribution in [0.4, 0.5) is 0 Å². The number of hydrogen-bond donors (Lipinski definition) is 0. The van der Waals surface area contributed by atoms with Crippen LogP contribution < -0.4 is 4.74 Å². The first-order chi connectivity index (χ1) is 9.72. The molecule has 0 heterocycles. The number of carbonyl (C=O) groups is 2. The zero-order chi connectivity index (χ0) is 14.4. The summed E-state index contributed by atoms with van der Waals surface area (Å²) in [4.78, 5) is 22.0. The van der Waals surface area contributed by atoms with Crippen LogP contribution in [0.2, 0.25) is 0 Å². The van der Waals surface area contributed by atoms with Crippen LogP contribution in [0.15, 0.2) is 48.5 Å². The van der Waals surface area contributed by atoms with E-state index in [-0.39, 0.29) is 0 Å². The molecule has 102 valence electrons. The quantitative estimate of drug-likeness (QED) is 0.619. The van der Waals surface area contributed by atoms with Crippen LogP contribution in [0.5, 0.6) is 5.75 Å². The van der Waals surface area contributed by atoms with Crippen LogP contribution in [-0.4, -0.2) is 19.4 Å². The zero-order valence-electron chi connectivity index (χ0n) is 11.0. The first-order valence-electron chi connectivity index (χ1n) is 6.08. The highest BCUT2D eigenvalue weighted by molar-refractivity contribution is 5.89. The van der Waals surface area contributed by atoms with E-state index in [2.05, 4.69) is 4.74 Å². The topological polar surface area (TPSA) is 52.6 Å². The molecule has 0 aromatic heterocycles. The fourth-order valence-corrected chi connectivity index (χ4v) is 1.69. The Morgan fingerprint density at radius 2 is 1.90 bits per heavy atom. The van der Waals surface area contributed by atoms with Crippen molar-refractivity contribution in [3.05, 3.63) is 65.2 Å². The van der Waals surface area contributed by atoms with E-state index in [0.29, 0.717) is 23.5 Å².